The summed E-state index contributed by atoms with van der Waals surface area (Å²) in [6.45, 7) is 4.55. The molecule has 2 heterocycles. The Morgan fingerprint density at radius 3 is 2.50 bits per heavy atom. The summed E-state index contributed by atoms with van der Waals surface area (Å²) in [5, 5.41) is 0. The summed E-state index contributed by atoms with van der Waals surface area (Å²) in [6.07, 6.45) is 2.25. The van der Waals surface area contributed by atoms with E-state index in [1.165, 1.54) is 12.1 Å². The highest BCUT2D eigenvalue weighted by molar-refractivity contribution is 5.89. The topological polar surface area (TPSA) is 55.6 Å². The standard InChI is InChI=1S/C18H25FN2O2.ClH/c1-13-10-14(11-20)12-21(13)17(22)18(6-8-23-9-7-18)15-2-4-16(19)5-3-15;/h2-5,13-14H,6-12,20H2,1H3;1H. The van der Waals surface area contributed by atoms with Crippen molar-refractivity contribution in [2.45, 2.75) is 37.6 Å². The zero-order chi connectivity index (χ0) is 16.4. The van der Waals surface area contributed by atoms with Crippen molar-refractivity contribution in [3.8, 4) is 0 Å². The molecule has 1 aromatic rings. The second-order valence-corrected chi connectivity index (χ2v) is 6.85. The van der Waals surface area contributed by atoms with Crippen molar-refractivity contribution >= 4 is 18.3 Å². The van der Waals surface area contributed by atoms with Gasteiger partial charge >= 0.3 is 0 Å². The number of hydrogen-bond acceptors (Lipinski definition) is 3. The predicted molar refractivity (Wildman–Crippen MR) is 93.7 cm³/mol. The van der Waals surface area contributed by atoms with Gasteiger partial charge in [-0.2, -0.15) is 0 Å². The zero-order valence-corrected chi connectivity index (χ0v) is 14.9. The summed E-state index contributed by atoms with van der Waals surface area (Å²) in [6, 6.07) is 6.59. The smallest absolute Gasteiger partial charge is 0.233 e. The summed E-state index contributed by atoms with van der Waals surface area (Å²) in [4.78, 5) is 15.4. The van der Waals surface area contributed by atoms with Crippen LogP contribution in [0.1, 0.15) is 31.7 Å². The maximum atomic E-state index is 13.4. The minimum absolute atomic E-state index is 0. The predicted octanol–water partition coefficient (Wildman–Crippen LogP) is 2.49. The molecule has 1 aromatic carbocycles. The average molecular weight is 357 g/mol. The third kappa shape index (κ3) is 3.44. The Balaban J connectivity index is 0.00000208. The molecule has 4 nitrogen and oxygen atoms in total. The van der Waals surface area contributed by atoms with Gasteiger partial charge in [0, 0.05) is 25.8 Å². The third-order valence-corrected chi connectivity index (χ3v) is 5.41. The van der Waals surface area contributed by atoms with Gasteiger partial charge in [0.1, 0.15) is 5.82 Å². The second-order valence-electron chi connectivity index (χ2n) is 6.85. The molecule has 2 saturated heterocycles. The molecule has 2 N–H and O–H groups in total. The van der Waals surface area contributed by atoms with Crippen LogP contribution >= 0.6 is 12.4 Å². The van der Waals surface area contributed by atoms with Crippen LogP contribution in [0.2, 0.25) is 0 Å². The molecule has 2 fully saturated rings. The largest absolute Gasteiger partial charge is 0.381 e. The Kier molecular flexibility index (Phi) is 6.23. The molecular formula is C18H26ClFN2O2. The molecule has 6 heteroatoms. The first-order valence-electron chi connectivity index (χ1n) is 8.42. The van der Waals surface area contributed by atoms with Gasteiger partial charge in [0.15, 0.2) is 0 Å². The third-order valence-electron chi connectivity index (χ3n) is 5.41. The molecule has 2 aliphatic heterocycles. The summed E-state index contributed by atoms with van der Waals surface area (Å²) in [5.74, 6) is 0.246. The molecule has 24 heavy (non-hydrogen) atoms. The number of likely N-dealkylation sites (tertiary alicyclic amines) is 1. The van der Waals surface area contributed by atoms with E-state index in [-0.39, 0.29) is 30.2 Å². The van der Waals surface area contributed by atoms with Gasteiger partial charge in [-0.1, -0.05) is 12.1 Å². The molecule has 0 radical (unpaired) electrons. The quantitative estimate of drug-likeness (QED) is 0.905. The van der Waals surface area contributed by atoms with Crippen molar-refractivity contribution in [1.82, 2.24) is 4.90 Å². The fourth-order valence-electron chi connectivity index (χ4n) is 3.99. The lowest BCUT2D eigenvalue weighted by molar-refractivity contribution is -0.142. The molecule has 3 rings (SSSR count). The Hall–Kier alpha value is -1.17. The van der Waals surface area contributed by atoms with Gasteiger partial charge in [-0.05, 0) is 56.3 Å². The summed E-state index contributed by atoms with van der Waals surface area (Å²) in [7, 11) is 0. The number of rotatable bonds is 3. The summed E-state index contributed by atoms with van der Waals surface area (Å²) in [5.41, 5.74) is 6.10. The van der Waals surface area contributed by atoms with Crippen molar-refractivity contribution < 1.29 is 13.9 Å². The number of hydrogen-bond donors (Lipinski definition) is 1. The number of amides is 1. The van der Waals surface area contributed by atoms with E-state index < -0.39 is 5.41 Å². The fourth-order valence-corrected chi connectivity index (χ4v) is 3.99. The molecule has 2 aliphatic rings. The number of carbonyl (C=O) groups excluding carboxylic acids is 1. The van der Waals surface area contributed by atoms with E-state index in [0.29, 0.717) is 38.5 Å². The van der Waals surface area contributed by atoms with Crippen molar-refractivity contribution in [3.05, 3.63) is 35.6 Å². The number of carbonyl (C=O) groups is 1. The van der Waals surface area contributed by atoms with E-state index in [1.807, 2.05) is 4.90 Å². The molecule has 0 aliphatic carbocycles. The van der Waals surface area contributed by atoms with Crippen LogP contribution in [0.5, 0.6) is 0 Å². The van der Waals surface area contributed by atoms with Crippen LogP contribution in [-0.4, -0.2) is 43.2 Å². The minimum Gasteiger partial charge on any atom is -0.381 e. The lowest BCUT2D eigenvalue weighted by Crippen LogP contribution is -2.51. The lowest BCUT2D eigenvalue weighted by atomic mass is 9.73. The fraction of sp³-hybridized carbons (Fsp3) is 0.611. The van der Waals surface area contributed by atoms with Crippen LogP contribution in [0.15, 0.2) is 24.3 Å². The Bertz CT molecular complexity index is 561. The Morgan fingerprint density at radius 2 is 1.96 bits per heavy atom. The SMILES string of the molecule is CC1CC(CN)CN1C(=O)C1(c2ccc(F)cc2)CCOCC1.Cl. The Morgan fingerprint density at radius 1 is 1.33 bits per heavy atom. The first-order valence-corrected chi connectivity index (χ1v) is 8.42. The van der Waals surface area contributed by atoms with Crippen LogP contribution in [0.3, 0.4) is 0 Å². The summed E-state index contributed by atoms with van der Waals surface area (Å²) >= 11 is 0. The number of ether oxygens (including phenoxy) is 1. The molecule has 2 unspecified atom stereocenters. The monoisotopic (exact) mass is 356 g/mol. The zero-order valence-electron chi connectivity index (χ0n) is 14.0. The first kappa shape index (κ1) is 19.2. The lowest BCUT2D eigenvalue weighted by Gasteiger charge is -2.40. The highest BCUT2D eigenvalue weighted by Crippen LogP contribution is 2.39. The number of benzene rings is 1. The van der Waals surface area contributed by atoms with Crippen LogP contribution < -0.4 is 5.73 Å². The van der Waals surface area contributed by atoms with Crippen molar-refractivity contribution in [2.75, 3.05) is 26.3 Å². The maximum absolute atomic E-state index is 13.4. The van der Waals surface area contributed by atoms with Crippen molar-refractivity contribution in [3.63, 3.8) is 0 Å². The van der Waals surface area contributed by atoms with Gasteiger partial charge in [-0.25, -0.2) is 4.39 Å². The van der Waals surface area contributed by atoms with Gasteiger partial charge < -0.3 is 15.4 Å². The van der Waals surface area contributed by atoms with Crippen molar-refractivity contribution in [2.24, 2.45) is 11.7 Å². The van der Waals surface area contributed by atoms with E-state index in [0.717, 1.165) is 18.5 Å². The minimum atomic E-state index is -0.594. The van der Waals surface area contributed by atoms with Crippen LogP contribution in [-0.2, 0) is 14.9 Å². The molecule has 0 bridgehead atoms. The molecule has 0 spiro atoms. The first-order chi connectivity index (χ1) is 11.1. The van der Waals surface area contributed by atoms with Crippen LogP contribution in [0.25, 0.3) is 0 Å². The molecule has 0 saturated carbocycles. The number of halogens is 2. The van der Waals surface area contributed by atoms with Gasteiger partial charge in [0.2, 0.25) is 5.91 Å². The van der Waals surface area contributed by atoms with E-state index in [1.54, 1.807) is 12.1 Å². The van der Waals surface area contributed by atoms with Crippen LogP contribution in [0, 0.1) is 11.7 Å². The maximum Gasteiger partial charge on any atom is 0.233 e. The summed E-state index contributed by atoms with van der Waals surface area (Å²) < 4.78 is 18.8. The van der Waals surface area contributed by atoms with E-state index in [9.17, 15) is 9.18 Å². The van der Waals surface area contributed by atoms with Gasteiger partial charge in [0.25, 0.3) is 0 Å². The Labute approximate surface area is 148 Å². The van der Waals surface area contributed by atoms with Gasteiger partial charge in [0.05, 0.1) is 5.41 Å². The normalized spacial score (nSPS) is 26.0. The van der Waals surface area contributed by atoms with Crippen molar-refractivity contribution in [1.29, 1.82) is 0 Å². The van der Waals surface area contributed by atoms with E-state index in [2.05, 4.69) is 6.92 Å². The number of nitrogens with zero attached hydrogens (tertiary/aromatic N) is 1. The molecule has 1 amide bonds. The number of nitrogens with two attached hydrogens (primary N) is 1. The van der Waals surface area contributed by atoms with E-state index >= 15 is 0 Å². The highest BCUT2D eigenvalue weighted by atomic mass is 35.5. The molecular weight excluding hydrogens is 331 g/mol. The second kappa shape index (κ2) is 7.81. The molecule has 134 valence electrons. The van der Waals surface area contributed by atoms with Gasteiger partial charge in [-0.15, -0.1) is 12.4 Å². The van der Waals surface area contributed by atoms with Gasteiger partial charge in [-0.3, -0.25) is 4.79 Å². The molecule has 0 aromatic heterocycles. The highest BCUT2D eigenvalue weighted by Gasteiger charge is 2.46. The van der Waals surface area contributed by atoms with Crippen LogP contribution in [0.4, 0.5) is 4.39 Å². The average Bonchev–Trinajstić information content (AvgIpc) is 2.96. The van der Waals surface area contributed by atoms with E-state index in [4.69, 9.17) is 10.5 Å². The molecule has 2 atom stereocenters.